The second kappa shape index (κ2) is 10.2. The number of anilines is 1. The molecule has 1 aliphatic carbocycles. The van der Waals surface area contributed by atoms with Gasteiger partial charge in [-0.2, -0.15) is 5.26 Å². The van der Waals surface area contributed by atoms with Crippen LogP contribution in [-0.4, -0.2) is 52.8 Å². The second-order valence-electron chi connectivity index (χ2n) is 8.37. The molecule has 2 fully saturated rings. The highest BCUT2D eigenvalue weighted by molar-refractivity contribution is 6.31. The van der Waals surface area contributed by atoms with Crippen molar-refractivity contribution in [3.05, 3.63) is 46.7 Å². The number of carbonyl (C=O) groups is 1. The van der Waals surface area contributed by atoms with Gasteiger partial charge in [-0.3, -0.25) is 4.79 Å². The fourth-order valence-electron chi connectivity index (χ4n) is 4.21. The molecule has 2 heterocycles. The van der Waals surface area contributed by atoms with Gasteiger partial charge in [-0.1, -0.05) is 11.6 Å². The summed E-state index contributed by atoms with van der Waals surface area (Å²) in [5.41, 5.74) is 0.870. The maximum Gasteiger partial charge on any atom is 0.254 e. The number of nitriles is 1. The number of aliphatic hydroxyl groups excluding tert-OH is 1. The summed E-state index contributed by atoms with van der Waals surface area (Å²) in [7, 11) is 0. The minimum Gasteiger partial charge on any atom is -0.490 e. The molecule has 32 heavy (non-hydrogen) atoms. The van der Waals surface area contributed by atoms with E-state index < -0.39 is 0 Å². The predicted molar refractivity (Wildman–Crippen MR) is 120 cm³/mol. The predicted octanol–water partition coefficient (Wildman–Crippen LogP) is 2.94. The minimum absolute atomic E-state index is 0.0537. The van der Waals surface area contributed by atoms with Gasteiger partial charge in [0.2, 0.25) is 5.95 Å². The lowest BCUT2D eigenvalue weighted by atomic mass is 9.92. The van der Waals surface area contributed by atoms with Crippen LogP contribution >= 0.6 is 11.6 Å². The summed E-state index contributed by atoms with van der Waals surface area (Å²) in [4.78, 5) is 23.3. The Bertz CT molecular complexity index is 986. The monoisotopic (exact) mass is 455 g/mol. The standard InChI is InChI=1S/C23H26ClN5O3/c24-21-9-20(4-1-16(21)10-25)32-19-5-2-18(3-6-19)28-22(31)17-11-26-23(27-12-17)29-8-7-15(13-29)14-30/h1,4,9,11-12,15,18-19,30H,2-3,5-8,13-14H2,(H,28,31)/t15-,18?,19?/m1/s1. The van der Waals surface area contributed by atoms with Gasteiger partial charge in [0.15, 0.2) is 0 Å². The van der Waals surface area contributed by atoms with Gasteiger partial charge in [-0.05, 0) is 44.2 Å². The number of benzene rings is 1. The Hall–Kier alpha value is -2.89. The first-order valence-corrected chi connectivity index (χ1v) is 11.3. The molecular weight excluding hydrogens is 430 g/mol. The number of aliphatic hydroxyl groups is 1. The van der Waals surface area contributed by atoms with Crippen molar-refractivity contribution in [2.24, 2.45) is 5.92 Å². The average Bonchev–Trinajstić information content (AvgIpc) is 3.30. The summed E-state index contributed by atoms with van der Waals surface area (Å²) in [6.07, 6.45) is 7.37. The van der Waals surface area contributed by atoms with Gasteiger partial charge in [0.05, 0.1) is 22.3 Å². The molecule has 2 aliphatic rings. The highest BCUT2D eigenvalue weighted by atomic mass is 35.5. The molecule has 9 heteroatoms. The number of rotatable bonds is 6. The molecule has 1 aliphatic heterocycles. The summed E-state index contributed by atoms with van der Waals surface area (Å²) in [6.45, 7) is 1.73. The highest BCUT2D eigenvalue weighted by Crippen LogP contribution is 2.27. The summed E-state index contributed by atoms with van der Waals surface area (Å²) < 4.78 is 6.00. The third-order valence-corrected chi connectivity index (χ3v) is 6.41. The third kappa shape index (κ3) is 5.29. The lowest BCUT2D eigenvalue weighted by Crippen LogP contribution is -2.39. The number of nitrogens with zero attached hydrogens (tertiary/aromatic N) is 4. The zero-order valence-electron chi connectivity index (χ0n) is 17.7. The molecule has 8 nitrogen and oxygen atoms in total. The van der Waals surface area contributed by atoms with Gasteiger partial charge >= 0.3 is 0 Å². The molecule has 0 spiro atoms. The van der Waals surface area contributed by atoms with Crippen LogP contribution in [0.5, 0.6) is 5.75 Å². The van der Waals surface area contributed by atoms with E-state index in [0.717, 1.165) is 45.2 Å². The van der Waals surface area contributed by atoms with Crippen LogP contribution in [0.15, 0.2) is 30.6 Å². The Morgan fingerprint density at radius 3 is 2.62 bits per heavy atom. The van der Waals surface area contributed by atoms with Crippen LogP contribution < -0.4 is 15.0 Å². The highest BCUT2D eigenvalue weighted by Gasteiger charge is 2.26. The minimum atomic E-state index is -0.172. The van der Waals surface area contributed by atoms with E-state index in [1.807, 2.05) is 11.0 Å². The first-order valence-electron chi connectivity index (χ1n) is 10.9. The molecule has 1 aromatic heterocycles. The summed E-state index contributed by atoms with van der Waals surface area (Å²) in [6, 6.07) is 7.20. The number of ether oxygens (including phenoxy) is 1. The number of nitrogens with one attached hydrogen (secondary N) is 1. The molecule has 2 aromatic rings. The zero-order valence-corrected chi connectivity index (χ0v) is 18.5. The molecule has 0 bridgehead atoms. The number of carbonyl (C=O) groups excluding carboxylic acids is 1. The van der Waals surface area contributed by atoms with E-state index in [4.69, 9.17) is 21.6 Å². The molecule has 2 N–H and O–H groups in total. The smallest absolute Gasteiger partial charge is 0.254 e. The van der Waals surface area contributed by atoms with Crippen molar-refractivity contribution in [2.75, 3.05) is 24.6 Å². The van der Waals surface area contributed by atoms with E-state index in [-0.39, 0.29) is 30.6 Å². The van der Waals surface area contributed by atoms with E-state index in [9.17, 15) is 9.90 Å². The first kappa shape index (κ1) is 22.3. The van der Waals surface area contributed by atoms with Crippen LogP contribution in [0.4, 0.5) is 5.95 Å². The molecule has 0 radical (unpaired) electrons. The van der Waals surface area contributed by atoms with E-state index in [0.29, 0.717) is 27.8 Å². The van der Waals surface area contributed by atoms with E-state index in [1.54, 1.807) is 30.6 Å². The fraction of sp³-hybridized carbons (Fsp3) is 0.478. The largest absolute Gasteiger partial charge is 0.490 e. The van der Waals surface area contributed by atoms with Crippen LogP contribution in [0.2, 0.25) is 5.02 Å². The van der Waals surface area contributed by atoms with Gasteiger partial charge in [0, 0.05) is 50.1 Å². The van der Waals surface area contributed by atoms with Crippen molar-refractivity contribution in [1.29, 1.82) is 5.26 Å². The van der Waals surface area contributed by atoms with Gasteiger partial charge in [0.1, 0.15) is 11.8 Å². The Labute approximate surface area is 192 Å². The molecule has 4 rings (SSSR count). The first-order chi connectivity index (χ1) is 15.6. The third-order valence-electron chi connectivity index (χ3n) is 6.10. The second-order valence-corrected chi connectivity index (χ2v) is 8.78. The van der Waals surface area contributed by atoms with Crippen molar-refractivity contribution in [3.63, 3.8) is 0 Å². The lowest BCUT2D eigenvalue weighted by Gasteiger charge is -2.29. The molecule has 1 aromatic carbocycles. The van der Waals surface area contributed by atoms with Gasteiger partial charge in [-0.15, -0.1) is 0 Å². The SMILES string of the molecule is N#Cc1ccc(OC2CCC(NC(=O)c3cnc(N4CC[C@@H](CO)C4)nc3)CC2)cc1Cl. The Morgan fingerprint density at radius 1 is 1.25 bits per heavy atom. The lowest BCUT2D eigenvalue weighted by molar-refractivity contribution is 0.0893. The Morgan fingerprint density at radius 2 is 2.00 bits per heavy atom. The van der Waals surface area contributed by atoms with Crippen LogP contribution in [-0.2, 0) is 0 Å². The van der Waals surface area contributed by atoms with Crippen LogP contribution in [0.1, 0.15) is 48.0 Å². The number of aromatic nitrogens is 2. The van der Waals surface area contributed by atoms with Gasteiger partial charge < -0.3 is 20.1 Å². The van der Waals surface area contributed by atoms with Crippen molar-refractivity contribution >= 4 is 23.5 Å². The number of hydrogen-bond acceptors (Lipinski definition) is 7. The van der Waals surface area contributed by atoms with E-state index in [2.05, 4.69) is 15.3 Å². The molecule has 168 valence electrons. The van der Waals surface area contributed by atoms with Gasteiger partial charge in [-0.25, -0.2) is 9.97 Å². The molecule has 0 unspecified atom stereocenters. The fourth-order valence-corrected chi connectivity index (χ4v) is 4.42. The maximum absolute atomic E-state index is 12.6. The zero-order chi connectivity index (χ0) is 22.5. The Kier molecular flexibility index (Phi) is 7.08. The topological polar surface area (TPSA) is 111 Å². The normalized spacial score (nSPS) is 22.9. The van der Waals surface area contributed by atoms with Crippen LogP contribution in [0.3, 0.4) is 0 Å². The maximum atomic E-state index is 12.6. The van der Waals surface area contributed by atoms with Crippen LogP contribution in [0, 0.1) is 17.2 Å². The van der Waals surface area contributed by atoms with Crippen molar-refractivity contribution in [2.45, 2.75) is 44.2 Å². The average molecular weight is 456 g/mol. The quantitative estimate of drug-likeness (QED) is 0.688. The number of halogens is 1. The van der Waals surface area contributed by atoms with Gasteiger partial charge in [0.25, 0.3) is 5.91 Å². The van der Waals surface area contributed by atoms with Crippen molar-refractivity contribution in [1.82, 2.24) is 15.3 Å². The molecule has 1 atom stereocenters. The molecular formula is C23H26ClN5O3. The molecule has 1 amide bonds. The van der Waals surface area contributed by atoms with Crippen molar-refractivity contribution < 1.29 is 14.6 Å². The number of amides is 1. The molecule has 1 saturated carbocycles. The summed E-state index contributed by atoms with van der Waals surface area (Å²) in [5, 5.41) is 21.7. The summed E-state index contributed by atoms with van der Waals surface area (Å²) in [5.74, 6) is 1.34. The van der Waals surface area contributed by atoms with E-state index >= 15 is 0 Å². The number of hydrogen-bond donors (Lipinski definition) is 2. The van der Waals surface area contributed by atoms with Crippen LogP contribution in [0.25, 0.3) is 0 Å². The Balaban J connectivity index is 1.25. The molecule has 1 saturated heterocycles. The van der Waals surface area contributed by atoms with Crippen molar-refractivity contribution in [3.8, 4) is 11.8 Å². The van der Waals surface area contributed by atoms with E-state index in [1.165, 1.54) is 0 Å². The summed E-state index contributed by atoms with van der Waals surface area (Å²) >= 11 is 6.07.